The monoisotopic (exact) mass is 592 g/mol. The molecule has 0 saturated carbocycles. The SMILES string of the molecule is CC1C(CN(C)CC(O)c2cccc(O)c2)OC(c2cccc(NC(=O)CCCC(=O)O)c2)OC1c1ccc(CO)cc1. The van der Waals surface area contributed by atoms with Crippen LogP contribution in [0.25, 0.3) is 0 Å². The first-order valence-electron chi connectivity index (χ1n) is 14.4. The van der Waals surface area contributed by atoms with Crippen molar-refractivity contribution in [2.24, 2.45) is 5.92 Å². The van der Waals surface area contributed by atoms with Crippen molar-refractivity contribution in [2.45, 2.75) is 57.4 Å². The maximum atomic E-state index is 12.4. The van der Waals surface area contributed by atoms with E-state index < -0.39 is 18.4 Å². The minimum absolute atomic E-state index is 0.0587. The summed E-state index contributed by atoms with van der Waals surface area (Å²) < 4.78 is 13.0. The fourth-order valence-corrected chi connectivity index (χ4v) is 5.23. The van der Waals surface area contributed by atoms with E-state index in [9.17, 15) is 24.9 Å². The second kappa shape index (κ2) is 15.1. The molecule has 5 atom stereocenters. The lowest BCUT2D eigenvalue weighted by Crippen LogP contribution is -2.44. The van der Waals surface area contributed by atoms with Gasteiger partial charge in [0.1, 0.15) is 5.75 Å². The molecule has 43 heavy (non-hydrogen) atoms. The lowest BCUT2D eigenvalue weighted by molar-refractivity contribution is -0.276. The van der Waals surface area contributed by atoms with Crippen LogP contribution in [0.3, 0.4) is 0 Å². The van der Waals surface area contributed by atoms with E-state index in [-0.39, 0.29) is 55.7 Å². The van der Waals surface area contributed by atoms with Gasteiger partial charge in [0.25, 0.3) is 0 Å². The number of hydrogen-bond donors (Lipinski definition) is 5. The van der Waals surface area contributed by atoms with Crippen LogP contribution in [-0.4, -0.2) is 63.4 Å². The zero-order valence-corrected chi connectivity index (χ0v) is 24.4. The molecule has 0 radical (unpaired) electrons. The molecule has 3 aromatic carbocycles. The molecule has 10 heteroatoms. The topological polar surface area (TPSA) is 149 Å². The standard InChI is InChI=1S/C33H40N2O8/c1-21-29(19-35(2)18-28(38)24-6-4-9-27(37)17-24)42-33(43-32(21)23-14-12-22(20-36)13-15-23)25-7-3-8-26(16-25)34-30(39)10-5-11-31(40)41/h3-4,6-9,12-17,21,28-29,32-33,36-38H,5,10-11,18-20H2,1-2H3,(H,34,39)(H,40,41). The average Bonchev–Trinajstić information content (AvgIpc) is 2.98. The minimum Gasteiger partial charge on any atom is -0.508 e. The van der Waals surface area contributed by atoms with E-state index in [1.807, 2.05) is 42.3 Å². The van der Waals surface area contributed by atoms with Crippen LogP contribution in [0.2, 0.25) is 0 Å². The molecule has 1 aliphatic rings. The molecule has 10 nitrogen and oxygen atoms in total. The summed E-state index contributed by atoms with van der Waals surface area (Å²) in [7, 11) is 1.90. The van der Waals surface area contributed by atoms with Crippen molar-refractivity contribution in [1.29, 1.82) is 0 Å². The number of phenols is 1. The number of carbonyl (C=O) groups is 2. The number of nitrogens with zero attached hydrogens (tertiary/aromatic N) is 1. The first-order valence-corrected chi connectivity index (χ1v) is 14.4. The molecule has 230 valence electrons. The third-order valence-electron chi connectivity index (χ3n) is 7.59. The highest BCUT2D eigenvalue weighted by molar-refractivity contribution is 5.90. The van der Waals surface area contributed by atoms with Crippen molar-refractivity contribution in [2.75, 3.05) is 25.5 Å². The van der Waals surface area contributed by atoms with Crippen molar-refractivity contribution in [3.63, 3.8) is 0 Å². The van der Waals surface area contributed by atoms with E-state index in [4.69, 9.17) is 14.6 Å². The Labute approximate surface area is 251 Å². The highest BCUT2D eigenvalue weighted by Crippen LogP contribution is 2.42. The second-order valence-corrected chi connectivity index (χ2v) is 11.1. The minimum atomic E-state index is -0.940. The smallest absolute Gasteiger partial charge is 0.303 e. The van der Waals surface area contributed by atoms with E-state index in [0.29, 0.717) is 29.9 Å². The fourth-order valence-electron chi connectivity index (χ4n) is 5.23. The molecule has 3 aromatic rings. The van der Waals surface area contributed by atoms with Crippen LogP contribution >= 0.6 is 0 Å². The number of aliphatic carboxylic acids is 1. The molecule has 5 unspecified atom stereocenters. The summed E-state index contributed by atoms with van der Waals surface area (Å²) in [5, 5.41) is 41.8. The molecule has 1 aliphatic heterocycles. The first kappa shape index (κ1) is 32.1. The number of phenolic OH excluding ortho intramolecular Hbond substituents is 1. The number of benzene rings is 3. The number of carboxylic acid groups (broad SMARTS) is 1. The predicted octanol–water partition coefficient (Wildman–Crippen LogP) is 4.53. The molecule has 1 heterocycles. The molecule has 1 saturated heterocycles. The molecule has 0 aromatic heterocycles. The average molecular weight is 593 g/mol. The van der Waals surface area contributed by atoms with Gasteiger partial charge in [0.05, 0.1) is 24.9 Å². The molecule has 1 amide bonds. The highest BCUT2D eigenvalue weighted by atomic mass is 16.7. The summed E-state index contributed by atoms with van der Waals surface area (Å²) >= 11 is 0. The Kier molecular flexibility index (Phi) is 11.3. The second-order valence-electron chi connectivity index (χ2n) is 11.1. The molecule has 0 spiro atoms. The molecular formula is C33H40N2O8. The van der Waals surface area contributed by atoms with Crippen molar-refractivity contribution in [1.82, 2.24) is 4.90 Å². The summed E-state index contributed by atoms with van der Waals surface area (Å²) in [6.07, 6.45) is -1.92. The number of aromatic hydroxyl groups is 1. The quantitative estimate of drug-likeness (QED) is 0.193. The maximum absolute atomic E-state index is 12.4. The van der Waals surface area contributed by atoms with Crippen LogP contribution in [0, 0.1) is 5.92 Å². The van der Waals surface area contributed by atoms with Gasteiger partial charge in [-0.1, -0.05) is 55.5 Å². The number of hydrogen-bond acceptors (Lipinski definition) is 8. The number of aliphatic hydroxyl groups is 2. The number of aliphatic hydroxyl groups excluding tert-OH is 2. The Bertz CT molecular complexity index is 1370. The lowest BCUT2D eigenvalue weighted by Gasteiger charge is -2.42. The molecular weight excluding hydrogens is 552 g/mol. The Morgan fingerprint density at radius 2 is 1.72 bits per heavy atom. The van der Waals surface area contributed by atoms with Gasteiger partial charge in [-0.25, -0.2) is 0 Å². The summed E-state index contributed by atoms with van der Waals surface area (Å²) in [5.41, 5.74) is 3.61. The zero-order chi connectivity index (χ0) is 30.9. The molecule has 5 N–H and O–H groups in total. The third kappa shape index (κ3) is 9.09. The van der Waals surface area contributed by atoms with Gasteiger partial charge in [-0.15, -0.1) is 0 Å². The van der Waals surface area contributed by atoms with Crippen molar-refractivity contribution in [3.8, 4) is 5.75 Å². The maximum Gasteiger partial charge on any atom is 0.303 e. The van der Waals surface area contributed by atoms with Gasteiger partial charge in [0, 0.05) is 43.1 Å². The van der Waals surface area contributed by atoms with Crippen LogP contribution in [0.15, 0.2) is 72.8 Å². The van der Waals surface area contributed by atoms with E-state index in [2.05, 4.69) is 12.2 Å². The summed E-state index contributed by atoms with van der Waals surface area (Å²) in [4.78, 5) is 25.1. The fraction of sp³-hybridized carbons (Fsp3) is 0.394. The number of carbonyl (C=O) groups excluding carboxylic acids is 1. The number of rotatable bonds is 13. The van der Waals surface area contributed by atoms with Crippen molar-refractivity contribution < 1.29 is 39.5 Å². The Morgan fingerprint density at radius 3 is 2.42 bits per heavy atom. The number of nitrogens with one attached hydrogen (secondary N) is 1. The van der Waals surface area contributed by atoms with E-state index >= 15 is 0 Å². The number of ether oxygens (including phenoxy) is 2. The highest BCUT2D eigenvalue weighted by Gasteiger charge is 2.39. The van der Waals surface area contributed by atoms with Crippen LogP contribution in [0.4, 0.5) is 5.69 Å². The van der Waals surface area contributed by atoms with Crippen LogP contribution in [0.5, 0.6) is 5.75 Å². The van der Waals surface area contributed by atoms with E-state index in [1.54, 1.807) is 42.5 Å². The predicted molar refractivity (Wildman–Crippen MR) is 160 cm³/mol. The van der Waals surface area contributed by atoms with E-state index in [1.165, 1.54) is 0 Å². The molecule has 0 bridgehead atoms. The summed E-state index contributed by atoms with van der Waals surface area (Å²) in [5.74, 6) is -1.19. The summed E-state index contributed by atoms with van der Waals surface area (Å²) in [6.45, 7) is 2.80. The van der Waals surface area contributed by atoms with Gasteiger partial charge < -0.3 is 40.1 Å². The van der Waals surface area contributed by atoms with Crippen LogP contribution < -0.4 is 5.32 Å². The first-order chi connectivity index (χ1) is 20.6. The van der Waals surface area contributed by atoms with Gasteiger partial charge >= 0.3 is 5.97 Å². The third-order valence-corrected chi connectivity index (χ3v) is 7.59. The van der Waals surface area contributed by atoms with Crippen LogP contribution in [-0.2, 0) is 25.7 Å². The number of amides is 1. The molecule has 4 rings (SSSR count). The van der Waals surface area contributed by atoms with Crippen molar-refractivity contribution >= 4 is 17.6 Å². The number of anilines is 1. The Morgan fingerprint density at radius 1 is 0.977 bits per heavy atom. The van der Waals surface area contributed by atoms with Crippen LogP contribution in [0.1, 0.15) is 66.9 Å². The van der Waals surface area contributed by atoms with E-state index in [0.717, 1.165) is 11.1 Å². The number of carboxylic acids is 1. The van der Waals surface area contributed by atoms with Gasteiger partial charge in [-0.2, -0.15) is 0 Å². The Balaban J connectivity index is 1.51. The van der Waals surface area contributed by atoms with Gasteiger partial charge in [0.2, 0.25) is 5.91 Å². The lowest BCUT2D eigenvalue weighted by atomic mass is 9.90. The van der Waals surface area contributed by atoms with Gasteiger partial charge in [-0.3, -0.25) is 9.59 Å². The normalized spacial score (nSPS) is 21.0. The Hall–Kier alpha value is -3.80. The van der Waals surface area contributed by atoms with Crippen molar-refractivity contribution in [3.05, 3.63) is 95.1 Å². The van der Waals surface area contributed by atoms with Gasteiger partial charge in [0.15, 0.2) is 6.29 Å². The van der Waals surface area contributed by atoms with Gasteiger partial charge in [-0.05, 0) is 54.4 Å². The molecule has 0 aliphatic carbocycles. The number of likely N-dealkylation sites (N-methyl/N-ethyl adjacent to an activating group) is 1. The summed E-state index contributed by atoms with van der Waals surface area (Å²) in [6, 6.07) is 21.4. The zero-order valence-electron chi connectivity index (χ0n) is 24.4. The largest absolute Gasteiger partial charge is 0.508 e. The molecule has 1 fully saturated rings.